The highest BCUT2D eigenvalue weighted by molar-refractivity contribution is 6.08. The minimum absolute atomic E-state index is 0.232. The second kappa shape index (κ2) is 5.30. The van der Waals surface area contributed by atoms with Gasteiger partial charge in [-0.05, 0) is 30.0 Å². The molecule has 2 aromatic rings. The first kappa shape index (κ1) is 13.1. The van der Waals surface area contributed by atoms with Crippen LogP contribution in [0.5, 0.6) is 5.75 Å². The van der Waals surface area contributed by atoms with Crippen LogP contribution in [-0.2, 0) is 6.42 Å². The molecular formula is C18H17N3O. The van der Waals surface area contributed by atoms with Crippen LogP contribution >= 0.6 is 0 Å². The maximum absolute atomic E-state index is 10.4. The zero-order valence-electron chi connectivity index (χ0n) is 12.2. The number of aliphatic imine (C=N–C) groups is 1. The first-order valence-corrected chi connectivity index (χ1v) is 7.58. The lowest BCUT2D eigenvalue weighted by Crippen LogP contribution is -2.30. The first-order chi connectivity index (χ1) is 10.8. The fourth-order valence-electron chi connectivity index (χ4n) is 3.03. The summed E-state index contributed by atoms with van der Waals surface area (Å²) < 4.78 is 0. The number of phenols is 1. The summed E-state index contributed by atoms with van der Waals surface area (Å²) in [5.41, 5.74) is 3.84. The minimum Gasteiger partial charge on any atom is -0.504 e. The summed E-state index contributed by atoms with van der Waals surface area (Å²) in [6.45, 7) is 1.55. The molecule has 0 saturated heterocycles. The second-order valence-corrected chi connectivity index (χ2v) is 5.59. The van der Waals surface area contributed by atoms with Crippen LogP contribution in [0.25, 0.3) is 5.57 Å². The molecular weight excluding hydrogens is 274 g/mol. The average molecular weight is 291 g/mol. The third-order valence-electron chi connectivity index (χ3n) is 4.16. The van der Waals surface area contributed by atoms with Gasteiger partial charge in [-0.1, -0.05) is 30.3 Å². The number of phenolic OH excluding ortho intramolecular Hbond substituents is 1. The molecule has 2 heterocycles. The maximum Gasteiger partial charge on any atom is 0.165 e. The first-order valence-electron chi connectivity index (χ1n) is 7.58. The predicted molar refractivity (Wildman–Crippen MR) is 88.6 cm³/mol. The van der Waals surface area contributed by atoms with Gasteiger partial charge in [-0.15, -0.1) is 0 Å². The highest BCUT2D eigenvalue weighted by atomic mass is 16.3. The van der Waals surface area contributed by atoms with Gasteiger partial charge in [-0.25, -0.2) is 0 Å². The van der Waals surface area contributed by atoms with Crippen LogP contribution < -0.4 is 15.9 Å². The zero-order valence-corrected chi connectivity index (χ0v) is 12.2. The normalized spacial score (nSPS) is 14.6. The third-order valence-corrected chi connectivity index (χ3v) is 4.16. The summed E-state index contributed by atoms with van der Waals surface area (Å²) in [7, 11) is 0. The molecule has 2 aliphatic rings. The van der Waals surface area contributed by atoms with Crippen molar-refractivity contribution >= 4 is 23.2 Å². The van der Waals surface area contributed by atoms with E-state index in [1.54, 1.807) is 0 Å². The van der Waals surface area contributed by atoms with Crippen molar-refractivity contribution in [2.24, 2.45) is 9.98 Å². The van der Waals surface area contributed by atoms with Crippen LogP contribution in [0, 0.1) is 0 Å². The molecule has 2 aromatic carbocycles. The lowest BCUT2D eigenvalue weighted by atomic mass is 10.1. The van der Waals surface area contributed by atoms with E-state index in [2.05, 4.69) is 27.4 Å². The van der Waals surface area contributed by atoms with E-state index >= 15 is 0 Å². The number of nitrogens with one attached hydrogen (secondary N) is 1. The average Bonchev–Trinajstić information content (AvgIpc) is 2.99. The van der Waals surface area contributed by atoms with E-state index < -0.39 is 0 Å². The Balaban J connectivity index is 1.61. The molecule has 0 radical (unpaired) electrons. The number of hydrogen-bond donors (Lipinski definition) is 2. The molecule has 0 saturated carbocycles. The molecule has 4 rings (SSSR count). The smallest absolute Gasteiger partial charge is 0.165 e. The summed E-state index contributed by atoms with van der Waals surface area (Å²) >= 11 is 0. The van der Waals surface area contributed by atoms with Crippen LogP contribution in [0.4, 0.5) is 11.4 Å². The lowest BCUT2D eigenvalue weighted by Gasteiger charge is -2.12. The Morgan fingerprint density at radius 1 is 1.18 bits per heavy atom. The Labute approximate surface area is 128 Å². The highest BCUT2D eigenvalue weighted by Crippen LogP contribution is 2.32. The minimum atomic E-state index is 0.232. The number of aromatic hydroxyl groups is 1. The highest BCUT2D eigenvalue weighted by Gasteiger charge is 2.18. The molecule has 0 unspecified atom stereocenters. The van der Waals surface area contributed by atoms with Crippen LogP contribution in [0.2, 0.25) is 0 Å². The quantitative estimate of drug-likeness (QED) is 0.846. The van der Waals surface area contributed by atoms with Gasteiger partial charge in [-0.3, -0.25) is 9.98 Å². The lowest BCUT2D eigenvalue weighted by molar-refractivity contribution is 0.478. The van der Waals surface area contributed by atoms with E-state index in [0.717, 1.165) is 36.5 Å². The molecule has 0 aliphatic carbocycles. The fraction of sp³-hybridized carbons (Fsp3) is 0.222. The van der Waals surface area contributed by atoms with Crippen LogP contribution in [-0.4, -0.2) is 24.4 Å². The Bertz CT molecular complexity index is 869. The molecule has 110 valence electrons. The van der Waals surface area contributed by atoms with Gasteiger partial charge in [0.15, 0.2) is 5.75 Å². The molecule has 22 heavy (non-hydrogen) atoms. The number of hydrogen-bond acceptors (Lipinski definition) is 4. The monoisotopic (exact) mass is 291 g/mol. The number of anilines is 1. The van der Waals surface area contributed by atoms with Crippen LogP contribution in [0.15, 0.2) is 46.4 Å². The summed E-state index contributed by atoms with van der Waals surface area (Å²) in [6, 6.07) is 12.2. The Morgan fingerprint density at radius 2 is 2.05 bits per heavy atom. The summed E-state index contributed by atoms with van der Waals surface area (Å²) in [6.07, 6.45) is 3.67. The Morgan fingerprint density at radius 3 is 2.91 bits per heavy atom. The zero-order chi connectivity index (χ0) is 14.9. The molecule has 0 atom stereocenters. The SMILES string of the molecule is Oc1c(NCCc2ccccc2)cc2c3c1N=CC=3CCN=2. The Hall–Kier alpha value is -2.62. The molecule has 0 spiro atoms. The molecule has 0 bridgehead atoms. The largest absolute Gasteiger partial charge is 0.504 e. The van der Waals surface area contributed by atoms with Gasteiger partial charge in [0, 0.05) is 24.5 Å². The fourth-order valence-corrected chi connectivity index (χ4v) is 3.03. The molecule has 0 amide bonds. The predicted octanol–water partition coefficient (Wildman–Crippen LogP) is 1.94. The second-order valence-electron chi connectivity index (χ2n) is 5.59. The topological polar surface area (TPSA) is 57.0 Å². The molecule has 4 nitrogen and oxygen atoms in total. The van der Waals surface area contributed by atoms with E-state index in [1.807, 2.05) is 30.5 Å². The van der Waals surface area contributed by atoms with Gasteiger partial charge in [0.05, 0.1) is 11.0 Å². The van der Waals surface area contributed by atoms with Crippen molar-refractivity contribution in [2.45, 2.75) is 12.8 Å². The van der Waals surface area contributed by atoms with Gasteiger partial charge < -0.3 is 10.4 Å². The molecule has 2 aliphatic heterocycles. The van der Waals surface area contributed by atoms with Crippen molar-refractivity contribution in [3.05, 3.63) is 52.5 Å². The molecule has 4 heteroatoms. The van der Waals surface area contributed by atoms with Crippen molar-refractivity contribution in [3.63, 3.8) is 0 Å². The van der Waals surface area contributed by atoms with E-state index in [1.165, 1.54) is 11.1 Å². The van der Waals surface area contributed by atoms with Gasteiger partial charge in [0.1, 0.15) is 5.69 Å². The molecule has 2 N–H and O–H groups in total. The number of benzene rings is 2. The number of nitrogens with zero attached hydrogens (tertiary/aromatic N) is 2. The van der Waals surface area contributed by atoms with Gasteiger partial charge in [0.25, 0.3) is 0 Å². The van der Waals surface area contributed by atoms with E-state index in [0.29, 0.717) is 11.4 Å². The van der Waals surface area contributed by atoms with Crippen molar-refractivity contribution in [1.29, 1.82) is 0 Å². The van der Waals surface area contributed by atoms with E-state index in [4.69, 9.17) is 0 Å². The summed E-state index contributed by atoms with van der Waals surface area (Å²) in [5, 5.41) is 15.7. The molecule has 0 fully saturated rings. The Kier molecular flexibility index (Phi) is 3.15. The summed E-state index contributed by atoms with van der Waals surface area (Å²) in [5.74, 6) is 0.232. The maximum atomic E-state index is 10.4. The van der Waals surface area contributed by atoms with Gasteiger partial charge in [-0.2, -0.15) is 0 Å². The van der Waals surface area contributed by atoms with Crippen LogP contribution in [0.3, 0.4) is 0 Å². The van der Waals surface area contributed by atoms with Crippen LogP contribution in [0.1, 0.15) is 12.0 Å². The third kappa shape index (κ3) is 2.17. The van der Waals surface area contributed by atoms with Gasteiger partial charge >= 0.3 is 0 Å². The van der Waals surface area contributed by atoms with E-state index in [9.17, 15) is 5.11 Å². The van der Waals surface area contributed by atoms with Crippen molar-refractivity contribution < 1.29 is 5.11 Å². The van der Waals surface area contributed by atoms with Crippen molar-refractivity contribution in [1.82, 2.24) is 0 Å². The number of rotatable bonds is 4. The van der Waals surface area contributed by atoms with Gasteiger partial charge in [0.2, 0.25) is 0 Å². The molecule has 0 aromatic heterocycles. The van der Waals surface area contributed by atoms with Crippen molar-refractivity contribution in [2.75, 3.05) is 18.4 Å². The summed E-state index contributed by atoms with van der Waals surface area (Å²) in [4.78, 5) is 8.93. The standard InChI is InChI=1S/C18H17N3O/c22-18-15(20-8-6-12-4-2-1-3-5-12)10-14-16-13(7-9-19-14)11-21-17(16)18/h1-5,10-11,20,22H,6-9H2. The van der Waals surface area contributed by atoms with Crippen molar-refractivity contribution in [3.8, 4) is 5.75 Å². The van der Waals surface area contributed by atoms with E-state index in [-0.39, 0.29) is 5.75 Å².